The zero-order chi connectivity index (χ0) is 27.9. The first-order valence-corrected chi connectivity index (χ1v) is 15.0. The van der Waals surface area contributed by atoms with Crippen LogP contribution in [0.5, 0.6) is 0 Å². The molecule has 0 aliphatic heterocycles. The molecule has 1 N–H and O–H groups in total. The van der Waals surface area contributed by atoms with Gasteiger partial charge in [0.05, 0.1) is 22.0 Å². The minimum atomic E-state index is -3.62. The highest BCUT2D eigenvalue weighted by Gasteiger charge is 2.27. The molecular weight excluding hydrogens is 557 g/mol. The summed E-state index contributed by atoms with van der Waals surface area (Å²) in [4.78, 5) is 27.8. The number of anilines is 1. The van der Waals surface area contributed by atoms with Crippen LogP contribution in [-0.2, 0) is 26.2 Å². The number of sulfonamides is 1. The van der Waals surface area contributed by atoms with Crippen molar-refractivity contribution in [1.82, 2.24) is 10.2 Å². The number of benzene rings is 2. The SMILES string of the molecule is CC[C@H](C)NC(=O)[C@@H](C)N(Cc1ccc(Cl)c(Cl)c1)C(=O)CCCN(c1cccc(Cl)c1C)S(C)(=O)=O. The lowest BCUT2D eigenvalue weighted by Gasteiger charge is -2.30. The third-order valence-corrected chi connectivity index (χ3v) is 8.49. The van der Waals surface area contributed by atoms with Gasteiger partial charge in [-0.15, -0.1) is 0 Å². The molecule has 0 aliphatic carbocycles. The van der Waals surface area contributed by atoms with Gasteiger partial charge in [-0.1, -0.05) is 53.9 Å². The van der Waals surface area contributed by atoms with Crippen LogP contribution in [0.2, 0.25) is 15.1 Å². The standard InChI is InChI=1S/C26H34Cl3N3O4S/c1-6-17(2)30-26(34)19(4)31(16-20-12-13-22(28)23(29)15-20)25(33)11-8-14-32(37(5,35)36)24-10-7-9-21(27)18(24)3/h7,9-10,12-13,15,17,19H,6,8,11,14,16H2,1-5H3,(H,30,34)/t17-,19+/m0/s1. The van der Waals surface area contributed by atoms with Crippen LogP contribution in [0.4, 0.5) is 5.69 Å². The molecule has 2 atom stereocenters. The minimum Gasteiger partial charge on any atom is -0.352 e. The second-order valence-corrected chi connectivity index (χ2v) is 12.2. The predicted molar refractivity (Wildman–Crippen MR) is 152 cm³/mol. The van der Waals surface area contributed by atoms with Gasteiger partial charge in [-0.05, 0) is 69.0 Å². The van der Waals surface area contributed by atoms with Crippen LogP contribution in [0.15, 0.2) is 36.4 Å². The van der Waals surface area contributed by atoms with Crippen molar-refractivity contribution in [3.63, 3.8) is 0 Å². The van der Waals surface area contributed by atoms with Gasteiger partial charge >= 0.3 is 0 Å². The monoisotopic (exact) mass is 589 g/mol. The van der Waals surface area contributed by atoms with Crippen molar-refractivity contribution in [2.45, 2.75) is 65.6 Å². The molecule has 0 bridgehead atoms. The Morgan fingerprint density at radius 1 is 1.03 bits per heavy atom. The van der Waals surface area contributed by atoms with Gasteiger partial charge < -0.3 is 10.2 Å². The maximum atomic E-state index is 13.4. The maximum Gasteiger partial charge on any atom is 0.242 e. The number of hydrogen-bond donors (Lipinski definition) is 1. The summed E-state index contributed by atoms with van der Waals surface area (Å²) >= 11 is 18.4. The zero-order valence-corrected chi connectivity index (χ0v) is 24.8. The van der Waals surface area contributed by atoms with Crippen LogP contribution < -0.4 is 9.62 Å². The average Bonchev–Trinajstić information content (AvgIpc) is 2.83. The third-order valence-electron chi connectivity index (χ3n) is 6.17. The van der Waals surface area contributed by atoms with Gasteiger partial charge in [-0.25, -0.2) is 8.42 Å². The van der Waals surface area contributed by atoms with Crippen molar-refractivity contribution >= 4 is 62.3 Å². The Balaban J connectivity index is 2.24. The summed E-state index contributed by atoms with van der Waals surface area (Å²) in [5, 5.41) is 4.12. The molecule has 0 saturated carbocycles. The van der Waals surface area contributed by atoms with Gasteiger partial charge in [0.15, 0.2) is 0 Å². The van der Waals surface area contributed by atoms with E-state index >= 15 is 0 Å². The zero-order valence-electron chi connectivity index (χ0n) is 21.7. The Kier molecular flexibility index (Phi) is 11.6. The van der Waals surface area contributed by atoms with Crippen LogP contribution in [0.1, 0.15) is 51.2 Å². The number of hydrogen-bond acceptors (Lipinski definition) is 4. The van der Waals surface area contributed by atoms with E-state index in [0.29, 0.717) is 26.3 Å². The highest BCUT2D eigenvalue weighted by atomic mass is 35.5. The molecule has 0 spiro atoms. The van der Waals surface area contributed by atoms with Crippen molar-refractivity contribution in [2.75, 3.05) is 17.1 Å². The molecule has 0 heterocycles. The molecule has 0 aromatic heterocycles. The van der Waals surface area contributed by atoms with Crippen molar-refractivity contribution in [3.8, 4) is 0 Å². The van der Waals surface area contributed by atoms with Gasteiger partial charge in [0, 0.05) is 30.6 Å². The van der Waals surface area contributed by atoms with E-state index < -0.39 is 16.1 Å². The minimum absolute atomic E-state index is 0.0356. The topological polar surface area (TPSA) is 86.8 Å². The molecular formula is C26H34Cl3N3O4S. The van der Waals surface area contributed by atoms with Crippen LogP contribution in [0.3, 0.4) is 0 Å². The summed E-state index contributed by atoms with van der Waals surface area (Å²) in [6.07, 6.45) is 2.15. The predicted octanol–water partition coefficient (Wildman–Crippen LogP) is 5.83. The molecule has 0 radical (unpaired) electrons. The lowest BCUT2D eigenvalue weighted by molar-refractivity contribution is -0.140. The number of amides is 2. The first-order chi connectivity index (χ1) is 17.3. The quantitative estimate of drug-likeness (QED) is 0.337. The number of carbonyl (C=O) groups excluding carboxylic acids is 2. The highest BCUT2D eigenvalue weighted by Crippen LogP contribution is 2.29. The largest absolute Gasteiger partial charge is 0.352 e. The van der Waals surface area contributed by atoms with E-state index in [2.05, 4.69) is 5.32 Å². The van der Waals surface area contributed by atoms with Gasteiger partial charge in [-0.2, -0.15) is 0 Å². The normalized spacial score (nSPS) is 13.1. The highest BCUT2D eigenvalue weighted by molar-refractivity contribution is 7.92. The molecule has 2 amide bonds. The fraction of sp³-hybridized carbons (Fsp3) is 0.462. The molecule has 0 saturated heterocycles. The number of halogens is 3. The van der Waals surface area contributed by atoms with Gasteiger partial charge in [-0.3, -0.25) is 13.9 Å². The van der Waals surface area contributed by atoms with Crippen molar-refractivity contribution in [1.29, 1.82) is 0 Å². The maximum absolute atomic E-state index is 13.4. The van der Waals surface area contributed by atoms with E-state index in [1.54, 1.807) is 50.2 Å². The van der Waals surface area contributed by atoms with E-state index in [9.17, 15) is 18.0 Å². The van der Waals surface area contributed by atoms with Gasteiger partial charge in [0.25, 0.3) is 0 Å². The summed E-state index contributed by atoms with van der Waals surface area (Å²) in [7, 11) is -3.62. The smallest absolute Gasteiger partial charge is 0.242 e. The Morgan fingerprint density at radius 2 is 1.70 bits per heavy atom. The Bertz CT molecular complexity index is 1220. The Hall–Kier alpha value is -2.00. The summed E-state index contributed by atoms with van der Waals surface area (Å²) in [5.74, 6) is -0.552. The first-order valence-electron chi connectivity index (χ1n) is 12.0. The fourth-order valence-electron chi connectivity index (χ4n) is 3.73. The van der Waals surface area contributed by atoms with Crippen molar-refractivity contribution < 1.29 is 18.0 Å². The van der Waals surface area contributed by atoms with Crippen molar-refractivity contribution in [3.05, 3.63) is 62.6 Å². The Morgan fingerprint density at radius 3 is 2.30 bits per heavy atom. The molecule has 2 rings (SSSR count). The molecule has 204 valence electrons. The molecule has 2 aromatic carbocycles. The number of rotatable bonds is 12. The fourth-order valence-corrected chi connectivity index (χ4v) is 5.24. The van der Waals surface area contributed by atoms with E-state index in [-0.39, 0.29) is 43.8 Å². The van der Waals surface area contributed by atoms with Crippen LogP contribution in [0, 0.1) is 6.92 Å². The number of carbonyl (C=O) groups is 2. The number of nitrogens with one attached hydrogen (secondary N) is 1. The van der Waals surface area contributed by atoms with Gasteiger partial charge in [0.2, 0.25) is 21.8 Å². The lowest BCUT2D eigenvalue weighted by atomic mass is 10.1. The lowest BCUT2D eigenvalue weighted by Crippen LogP contribution is -2.49. The Labute approximate surface area is 235 Å². The number of nitrogens with zero attached hydrogens (tertiary/aromatic N) is 2. The van der Waals surface area contributed by atoms with E-state index in [1.807, 2.05) is 13.8 Å². The molecule has 2 aromatic rings. The second-order valence-electron chi connectivity index (χ2n) is 9.09. The summed E-state index contributed by atoms with van der Waals surface area (Å²) < 4.78 is 26.3. The average molecular weight is 591 g/mol. The second kappa shape index (κ2) is 13.7. The van der Waals surface area contributed by atoms with Crippen molar-refractivity contribution in [2.24, 2.45) is 0 Å². The molecule has 0 aliphatic rings. The van der Waals surface area contributed by atoms with E-state index in [1.165, 1.54) is 9.21 Å². The molecule has 0 unspecified atom stereocenters. The molecule has 11 heteroatoms. The summed E-state index contributed by atoms with van der Waals surface area (Å²) in [6.45, 7) is 7.51. The van der Waals surface area contributed by atoms with E-state index in [0.717, 1.165) is 18.2 Å². The molecule has 37 heavy (non-hydrogen) atoms. The van der Waals surface area contributed by atoms with Gasteiger partial charge in [0.1, 0.15) is 6.04 Å². The third kappa shape index (κ3) is 8.77. The van der Waals surface area contributed by atoms with Crippen LogP contribution in [0.25, 0.3) is 0 Å². The van der Waals surface area contributed by atoms with Crippen LogP contribution in [-0.4, -0.2) is 50.0 Å². The molecule has 7 nitrogen and oxygen atoms in total. The van der Waals surface area contributed by atoms with E-state index in [4.69, 9.17) is 34.8 Å². The van der Waals surface area contributed by atoms with Crippen LogP contribution >= 0.6 is 34.8 Å². The summed E-state index contributed by atoms with van der Waals surface area (Å²) in [6, 6.07) is 9.32. The molecule has 0 fully saturated rings. The first kappa shape index (κ1) is 31.2. The summed E-state index contributed by atoms with van der Waals surface area (Å²) in [5.41, 5.74) is 1.83.